The second kappa shape index (κ2) is 7.83. The maximum atomic E-state index is 12.5. The molecule has 0 radical (unpaired) electrons. The molecule has 2 aromatic rings. The molecule has 0 aromatic heterocycles. The minimum absolute atomic E-state index is 0.0291. The van der Waals surface area contributed by atoms with E-state index in [1.54, 1.807) is 18.2 Å². The predicted molar refractivity (Wildman–Crippen MR) is 103 cm³/mol. The van der Waals surface area contributed by atoms with Crippen molar-refractivity contribution in [1.29, 1.82) is 0 Å². The molecule has 8 nitrogen and oxygen atoms in total. The van der Waals surface area contributed by atoms with Crippen molar-refractivity contribution in [3.8, 4) is 11.5 Å². The second-order valence-electron chi connectivity index (χ2n) is 6.17. The number of imide groups is 1. The van der Waals surface area contributed by atoms with Crippen LogP contribution in [0.5, 0.6) is 11.5 Å². The van der Waals surface area contributed by atoms with Crippen molar-refractivity contribution >= 4 is 29.6 Å². The van der Waals surface area contributed by atoms with Crippen LogP contribution in [0.2, 0.25) is 0 Å². The number of phenolic OH excluding ortho intramolecular Hbond substituents is 1. The first kappa shape index (κ1) is 19.0. The number of amides is 4. The van der Waals surface area contributed by atoms with Crippen LogP contribution in [0.1, 0.15) is 11.1 Å². The predicted octanol–water partition coefficient (Wildman–Crippen LogP) is 2.24. The van der Waals surface area contributed by atoms with Crippen LogP contribution >= 0.6 is 0 Å². The first-order valence-electron chi connectivity index (χ1n) is 8.46. The summed E-state index contributed by atoms with van der Waals surface area (Å²) in [6.45, 7) is 1.44. The van der Waals surface area contributed by atoms with Gasteiger partial charge in [0.2, 0.25) is 5.91 Å². The van der Waals surface area contributed by atoms with Gasteiger partial charge in [0.05, 0.1) is 7.11 Å². The molecule has 3 N–H and O–H groups in total. The Morgan fingerprint density at radius 2 is 2.00 bits per heavy atom. The van der Waals surface area contributed by atoms with Gasteiger partial charge in [-0.15, -0.1) is 0 Å². The van der Waals surface area contributed by atoms with Crippen LogP contribution in [-0.4, -0.2) is 41.5 Å². The number of anilines is 1. The van der Waals surface area contributed by atoms with Crippen LogP contribution in [-0.2, 0) is 9.59 Å². The Morgan fingerprint density at radius 3 is 2.71 bits per heavy atom. The molecule has 28 heavy (non-hydrogen) atoms. The van der Waals surface area contributed by atoms with Crippen LogP contribution < -0.4 is 15.4 Å². The molecule has 1 saturated heterocycles. The van der Waals surface area contributed by atoms with Gasteiger partial charge in [0, 0.05) is 5.69 Å². The fraction of sp³-hybridized carbons (Fsp3) is 0.150. The first-order chi connectivity index (χ1) is 13.4. The number of ether oxygens (including phenoxy) is 1. The number of carbonyl (C=O) groups is 3. The summed E-state index contributed by atoms with van der Waals surface area (Å²) in [5, 5.41) is 14.8. The van der Waals surface area contributed by atoms with Crippen molar-refractivity contribution in [3.05, 3.63) is 59.3 Å². The number of hydrogen-bond donors (Lipinski definition) is 3. The van der Waals surface area contributed by atoms with Crippen LogP contribution in [0, 0.1) is 6.92 Å². The number of hydrogen-bond acceptors (Lipinski definition) is 5. The molecule has 0 unspecified atom stereocenters. The summed E-state index contributed by atoms with van der Waals surface area (Å²) in [5.74, 6) is -0.899. The Balaban J connectivity index is 1.73. The van der Waals surface area contributed by atoms with Gasteiger partial charge in [-0.2, -0.15) is 0 Å². The number of nitrogens with one attached hydrogen (secondary N) is 2. The van der Waals surface area contributed by atoms with E-state index in [-0.39, 0.29) is 17.2 Å². The lowest BCUT2D eigenvalue weighted by Gasteiger charge is -2.13. The van der Waals surface area contributed by atoms with Crippen molar-refractivity contribution in [2.24, 2.45) is 0 Å². The summed E-state index contributed by atoms with van der Waals surface area (Å²) in [5.41, 5.74) is 2.06. The molecular formula is C20H19N3O5. The number of urea groups is 1. The smallest absolute Gasteiger partial charge is 0.329 e. The highest BCUT2D eigenvalue weighted by Gasteiger charge is 2.35. The molecule has 1 aliphatic heterocycles. The molecule has 3 rings (SSSR count). The summed E-state index contributed by atoms with van der Waals surface area (Å²) in [6.07, 6.45) is 1.45. The monoisotopic (exact) mass is 381 g/mol. The van der Waals surface area contributed by atoms with Crippen molar-refractivity contribution in [2.75, 3.05) is 19.0 Å². The molecule has 1 aliphatic rings. The summed E-state index contributed by atoms with van der Waals surface area (Å²) in [7, 11) is 1.41. The number of phenols is 1. The van der Waals surface area contributed by atoms with Gasteiger partial charge in [-0.05, 0) is 42.3 Å². The zero-order chi connectivity index (χ0) is 20.3. The van der Waals surface area contributed by atoms with Gasteiger partial charge in [-0.1, -0.05) is 24.3 Å². The van der Waals surface area contributed by atoms with Crippen LogP contribution in [0.3, 0.4) is 0 Å². The maximum absolute atomic E-state index is 12.5. The Kier molecular flexibility index (Phi) is 5.30. The van der Waals surface area contributed by atoms with E-state index >= 15 is 0 Å². The molecule has 0 bridgehead atoms. The summed E-state index contributed by atoms with van der Waals surface area (Å²) < 4.78 is 5.02. The first-order valence-corrected chi connectivity index (χ1v) is 8.46. The number of aromatic hydroxyl groups is 1. The van der Waals surface area contributed by atoms with Crippen molar-refractivity contribution < 1.29 is 24.2 Å². The Hall–Kier alpha value is -3.81. The van der Waals surface area contributed by atoms with E-state index in [4.69, 9.17) is 4.74 Å². The van der Waals surface area contributed by atoms with Crippen molar-refractivity contribution in [2.45, 2.75) is 6.92 Å². The van der Waals surface area contributed by atoms with E-state index < -0.39 is 24.4 Å². The summed E-state index contributed by atoms with van der Waals surface area (Å²) >= 11 is 0. The lowest BCUT2D eigenvalue weighted by atomic mass is 10.1. The van der Waals surface area contributed by atoms with Crippen molar-refractivity contribution in [3.63, 3.8) is 0 Å². The third-order valence-corrected chi connectivity index (χ3v) is 4.20. The molecule has 1 fully saturated rings. The average molecular weight is 381 g/mol. The van der Waals surface area contributed by atoms with E-state index in [9.17, 15) is 19.5 Å². The van der Waals surface area contributed by atoms with E-state index in [2.05, 4.69) is 10.6 Å². The topological polar surface area (TPSA) is 108 Å². The molecule has 0 saturated carbocycles. The molecule has 1 heterocycles. The highest BCUT2D eigenvalue weighted by atomic mass is 16.5. The number of benzene rings is 2. The van der Waals surface area contributed by atoms with Gasteiger partial charge < -0.3 is 20.5 Å². The van der Waals surface area contributed by atoms with E-state index in [0.29, 0.717) is 11.3 Å². The van der Waals surface area contributed by atoms with Crippen molar-refractivity contribution in [1.82, 2.24) is 10.2 Å². The van der Waals surface area contributed by atoms with Crippen LogP contribution in [0.15, 0.2) is 48.2 Å². The largest absolute Gasteiger partial charge is 0.504 e. The molecule has 0 aliphatic carbocycles. The van der Waals surface area contributed by atoms with E-state index in [0.717, 1.165) is 10.5 Å². The van der Waals surface area contributed by atoms with Gasteiger partial charge >= 0.3 is 6.03 Å². The zero-order valence-corrected chi connectivity index (χ0v) is 15.4. The fourth-order valence-corrected chi connectivity index (χ4v) is 2.71. The number of nitrogens with zero attached hydrogens (tertiary/aromatic N) is 1. The third kappa shape index (κ3) is 3.96. The number of rotatable bonds is 5. The highest BCUT2D eigenvalue weighted by molar-refractivity contribution is 6.16. The Labute approximate surface area is 161 Å². The average Bonchev–Trinajstić information content (AvgIpc) is 2.92. The molecule has 144 valence electrons. The molecule has 0 spiro atoms. The Bertz CT molecular complexity index is 984. The van der Waals surface area contributed by atoms with E-state index in [1.165, 1.54) is 25.3 Å². The highest BCUT2D eigenvalue weighted by Crippen LogP contribution is 2.27. The second-order valence-corrected chi connectivity index (χ2v) is 6.17. The standard InChI is InChI=1S/C20H19N3O5/c1-12-5-3-4-6-14(12)21-18(25)11-23-19(26)15(22-20(23)27)9-13-7-8-16(24)17(10-13)28-2/h3-10,24H,11H2,1-2H3,(H,21,25)(H,22,27)/b15-9-. The van der Waals surface area contributed by atoms with Gasteiger partial charge in [-0.25, -0.2) is 9.69 Å². The number of methoxy groups -OCH3 is 1. The maximum Gasteiger partial charge on any atom is 0.329 e. The van der Waals surface area contributed by atoms with Gasteiger partial charge in [0.25, 0.3) is 5.91 Å². The third-order valence-electron chi connectivity index (χ3n) is 4.20. The summed E-state index contributed by atoms with van der Waals surface area (Å²) in [6, 6.07) is 11.0. The summed E-state index contributed by atoms with van der Waals surface area (Å²) in [4.78, 5) is 37.7. The lowest BCUT2D eigenvalue weighted by molar-refractivity contribution is -0.127. The van der Waals surface area contributed by atoms with Crippen LogP contribution in [0.4, 0.5) is 10.5 Å². The normalized spacial score (nSPS) is 14.9. The number of para-hydroxylation sites is 1. The molecule has 4 amide bonds. The fourth-order valence-electron chi connectivity index (χ4n) is 2.71. The molecule has 8 heteroatoms. The Morgan fingerprint density at radius 1 is 1.25 bits per heavy atom. The quantitative estimate of drug-likeness (QED) is 0.544. The molecule has 2 aromatic carbocycles. The van der Waals surface area contributed by atoms with Gasteiger partial charge in [0.1, 0.15) is 12.2 Å². The van der Waals surface area contributed by atoms with Crippen LogP contribution in [0.25, 0.3) is 6.08 Å². The van der Waals surface area contributed by atoms with Gasteiger partial charge in [-0.3, -0.25) is 9.59 Å². The molecular weight excluding hydrogens is 362 g/mol. The number of aryl methyl sites for hydroxylation is 1. The lowest BCUT2D eigenvalue weighted by Crippen LogP contribution is -2.38. The van der Waals surface area contributed by atoms with E-state index in [1.807, 2.05) is 19.1 Å². The SMILES string of the molecule is COc1cc(/C=C2\NC(=O)N(CC(=O)Nc3ccccc3C)C2=O)ccc1O. The molecule has 0 atom stereocenters. The minimum Gasteiger partial charge on any atom is -0.504 e. The minimum atomic E-state index is -0.679. The zero-order valence-electron chi connectivity index (χ0n) is 15.4. The van der Waals surface area contributed by atoms with Gasteiger partial charge in [0.15, 0.2) is 11.5 Å². The number of carbonyl (C=O) groups excluding carboxylic acids is 3.